The second-order valence-corrected chi connectivity index (χ2v) is 7.48. The lowest BCUT2D eigenvalue weighted by atomic mass is 10.0. The van der Waals surface area contributed by atoms with Crippen LogP contribution in [0.15, 0.2) is 48.5 Å². The van der Waals surface area contributed by atoms with Crippen molar-refractivity contribution in [2.45, 2.75) is 25.4 Å². The zero-order valence-electron chi connectivity index (χ0n) is 15.6. The highest BCUT2D eigenvalue weighted by atomic mass is 35.5. The molecule has 0 radical (unpaired) electrons. The molecule has 2 aromatic carbocycles. The predicted molar refractivity (Wildman–Crippen MR) is 107 cm³/mol. The zero-order valence-corrected chi connectivity index (χ0v) is 16.4. The molecule has 0 aliphatic carbocycles. The first-order chi connectivity index (χ1) is 13.5. The molecule has 1 heterocycles. The van der Waals surface area contributed by atoms with E-state index in [1.807, 2.05) is 12.1 Å². The van der Waals surface area contributed by atoms with Gasteiger partial charge in [-0.05, 0) is 24.3 Å². The molecule has 6 nitrogen and oxygen atoms in total. The number of para-hydroxylation sites is 1. The first kappa shape index (κ1) is 20.2. The van der Waals surface area contributed by atoms with Gasteiger partial charge in [-0.2, -0.15) is 0 Å². The van der Waals surface area contributed by atoms with Gasteiger partial charge in [-0.15, -0.1) is 0 Å². The summed E-state index contributed by atoms with van der Waals surface area (Å²) in [5.74, 6) is -0.440. The van der Waals surface area contributed by atoms with E-state index in [4.69, 9.17) is 22.1 Å². The number of amides is 2. The van der Waals surface area contributed by atoms with E-state index in [1.54, 1.807) is 24.3 Å². The molecule has 2 aromatic rings. The Hall–Kier alpha value is -2.57. The van der Waals surface area contributed by atoms with Crippen LogP contribution in [0.25, 0.3) is 0 Å². The van der Waals surface area contributed by atoms with Gasteiger partial charge in [0, 0.05) is 29.5 Å². The van der Waals surface area contributed by atoms with Gasteiger partial charge in [-0.1, -0.05) is 35.9 Å². The molecule has 0 aromatic heterocycles. The minimum atomic E-state index is -0.577. The highest BCUT2D eigenvalue weighted by Gasteiger charge is 2.23. The average molecular weight is 403 g/mol. The van der Waals surface area contributed by atoms with Crippen LogP contribution in [-0.4, -0.2) is 37.6 Å². The summed E-state index contributed by atoms with van der Waals surface area (Å²) in [4.78, 5) is 25.1. The molecular weight excluding hydrogens is 378 g/mol. The Kier molecular flexibility index (Phi) is 6.90. The highest BCUT2D eigenvalue weighted by molar-refractivity contribution is 6.30. The van der Waals surface area contributed by atoms with Crippen LogP contribution in [0.3, 0.4) is 0 Å². The molecular formula is C21H25ClN3O3+. The molecule has 2 amide bonds. The number of carbonyl (C=O) groups excluding carboxylic acids is 2. The molecule has 0 unspecified atom stereocenters. The number of hydrogen-bond donors (Lipinski definition) is 3. The predicted octanol–water partition coefficient (Wildman–Crippen LogP) is 1.18. The summed E-state index contributed by atoms with van der Waals surface area (Å²) in [6.07, 6.45) is 1.85. The molecule has 7 heteroatoms. The van der Waals surface area contributed by atoms with Crippen molar-refractivity contribution in [3.8, 4) is 5.75 Å². The molecule has 0 atom stereocenters. The third-order valence-electron chi connectivity index (χ3n) is 4.94. The van der Waals surface area contributed by atoms with Gasteiger partial charge in [-0.25, -0.2) is 0 Å². The standard InChI is InChI=1S/C21H24ClN3O3/c22-16-7-5-15(6-8-16)13-25-11-9-17(10-12-25)24-20(26)14-28-19-4-2-1-3-18(19)21(23)27/h1-8,17H,9-14H2,(H2,23,27)(H,24,26)/p+1. The number of nitrogens with two attached hydrogens (primary N) is 1. The van der Waals surface area contributed by atoms with Gasteiger partial charge in [0.25, 0.3) is 11.8 Å². The molecule has 1 aliphatic rings. The van der Waals surface area contributed by atoms with Gasteiger partial charge in [0.2, 0.25) is 0 Å². The van der Waals surface area contributed by atoms with Crippen molar-refractivity contribution in [3.05, 3.63) is 64.7 Å². The van der Waals surface area contributed by atoms with Gasteiger partial charge in [0.15, 0.2) is 6.61 Å². The number of hydrogen-bond acceptors (Lipinski definition) is 3. The van der Waals surface area contributed by atoms with Crippen LogP contribution in [0, 0.1) is 0 Å². The fourth-order valence-corrected chi connectivity index (χ4v) is 3.57. The molecule has 1 aliphatic heterocycles. The number of ether oxygens (including phenoxy) is 1. The molecule has 0 bridgehead atoms. The van der Waals surface area contributed by atoms with Crippen LogP contribution >= 0.6 is 11.6 Å². The lowest BCUT2D eigenvalue weighted by molar-refractivity contribution is -0.918. The fraction of sp³-hybridized carbons (Fsp3) is 0.333. The van der Waals surface area contributed by atoms with Gasteiger partial charge in [0.1, 0.15) is 12.3 Å². The minimum absolute atomic E-state index is 0.137. The van der Waals surface area contributed by atoms with Gasteiger partial charge in [-0.3, -0.25) is 9.59 Å². The zero-order chi connectivity index (χ0) is 19.9. The molecule has 4 N–H and O–H groups in total. The molecule has 1 fully saturated rings. The first-order valence-corrected chi connectivity index (χ1v) is 9.78. The highest BCUT2D eigenvalue weighted by Crippen LogP contribution is 2.17. The maximum absolute atomic E-state index is 12.2. The van der Waals surface area contributed by atoms with Crippen LogP contribution < -0.4 is 20.7 Å². The molecule has 1 saturated heterocycles. The number of piperidine rings is 1. The maximum Gasteiger partial charge on any atom is 0.258 e. The van der Waals surface area contributed by atoms with E-state index < -0.39 is 5.91 Å². The van der Waals surface area contributed by atoms with Gasteiger partial charge in [0.05, 0.1) is 18.7 Å². The lowest BCUT2D eigenvalue weighted by Gasteiger charge is -2.29. The monoisotopic (exact) mass is 402 g/mol. The quantitative estimate of drug-likeness (QED) is 0.650. The van der Waals surface area contributed by atoms with Gasteiger partial charge < -0.3 is 20.7 Å². The summed E-state index contributed by atoms with van der Waals surface area (Å²) in [7, 11) is 0. The Morgan fingerprint density at radius 2 is 1.79 bits per heavy atom. The van der Waals surface area contributed by atoms with Crippen LogP contribution in [0.1, 0.15) is 28.8 Å². The number of likely N-dealkylation sites (tertiary alicyclic amines) is 1. The Labute approximate surface area is 169 Å². The van der Waals surface area contributed by atoms with Crippen LogP contribution in [0.5, 0.6) is 5.75 Å². The minimum Gasteiger partial charge on any atom is -0.483 e. The largest absolute Gasteiger partial charge is 0.483 e. The SMILES string of the molecule is NC(=O)c1ccccc1OCC(=O)NC1CC[NH+](Cc2ccc(Cl)cc2)CC1. The fourth-order valence-electron chi connectivity index (χ4n) is 3.45. The van der Waals surface area contributed by atoms with Crippen molar-refractivity contribution < 1.29 is 19.2 Å². The Morgan fingerprint density at radius 3 is 2.46 bits per heavy atom. The van der Waals surface area contributed by atoms with Crippen molar-refractivity contribution in [2.75, 3.05) is 19.7 Å². The summed E-state index contributed by atoms with van der Waals surface area (Å²) in [6, 6.07) is 14.7. The number of rotatable bonds is 7. The van der Waals surface area contributed by atoms with E-state index >= 15 is 0 Å². The van der Waals surface area contributed by atoms with Crippen molar-refractivity contribution in [3.63, 3.8) is 0 Å². The summed E-state index contributed by atoms with van der Waals surface area (Å²) in [5.41, 5.74) is 6.86. The molecule has 0 spiro atoms. The van der Waals surface area contributed by atoms with E-state index in [0.717, 1.165) is 37.5 Å². The number of halogens is 1. The summed E-state index contributed by atoms with van der Waals surface area (Å²) >= 11 is 5.93. The van der Waals surface area contributed by atoms with Crippen molar-refractivity contribution in [1.29, 1.82) is 0 Å². The Balaban J connectivity index is 1.41. The molecule has 148 valence electrons. The maximum atomic E-state index is 12.2. The first-order valence-electron chi connectivity index (χ1n) is 9.40. The topological polar surface area (TPSA) is 85.9 Å². The third-order valence-corrected chi connectivity index (χ3v) is 5.19. The van der Waals surface area contributed by atoms with Crippen molar-refractivity contribution >= 4 is 23.4 Å². The Morgan fingerprint density at radius 1 is 1.11 bits per heavy atom. The number of nitrogens with one attached hydrogen (secondary N) is 2. The second kappa shape index (κ2) is 9.57. The number of benzene rings is 2. The summed E-state index contributed by atoms with van der Waals surface area (Å²) in [6.45, 7) is 2.82. The molecule has 28 heavy (non-hydrogen) atoms. The molecule has 3 rings (SSSR count). The number of carbonyl (C=O) groups is 2. The van der Waals surface area contributed by atoms with E-state index in [2.05, 4.69) is 17.4 Å². The average Bonchev–Trinajstić information content (AvgIpc) is 2.70. The number of primary amides is 1. The van der Waals surface area contributed by atoms with E-state index in [1.165, 1.54) is 10.5 Å². The normalized spacial score (nSPS) is 19.0. The van der Waals surface area contributed by atoms with Crippen LogP contribution in [0.2, 0.25) is 5.02 Å². The van der Waals surface area contributed by atoms with E-state index in [9.17, 15) is 9.59 Å². The van der Waals surface area contributed by atoms with Crippen molar-refractivity contribution in [2.24, 2.45) is 5.73 Å². The second-order valence-electron chi connectivity index (χ2n) is 7.04. The lowest BCUT2D eigenvalue weighted by Crippen LogP contribution is -3.12. The smallest absolute Gasteiger partial charge is 0.258 e. The summed E-state index contributed by atoms with van der Waals surface area (Å²) < 4.78 is 5.48. The van der Waals surface area contributed by atoms with E-state index in [0.29, 0.717) is 5.75 Å². The van der Waals surface area contributed by atoms with Gasteiger partial charge >= 0.3 is 0 Å². The van der Waals surface area contributed by atoms with Crippen LogP contribution in [-0.2, 0) is 11.3 Å². The Bertz CT molecular complexity index is 818. The van der Waals surface area contributed by atoms with Crippen LogP contribution in [0.4, 0.5) is 0 Å². The van der Waals surface area contributed by atoms with Crippen molar-refractivity contribution in [1.82, 2.24) is 5.32 Å². The number of quaternary nitrogens is 1. The van der Waals surface area contributed by atoms with E-state index in [-0.39, 0.29) is 24.1 Å². The summed E-state index contributed by atoms with van der Waals surface area (Å²) in [5, 5.41) is 3.77. The third kappa shape index (κ3) is 5.71. The molecule has 0 saturated carbocycles.